The Morgan fingerprint density at radius 3 is 2.53 bits per heavy atom. The van der Waals surface area contributed by atoms with Crippen molar-refractivity contribution in [3.63, 3.8) is 0 Å². The Morgan fingerprint density at radius 1 is 1.24 bits per heavy atom. The molecule has 3 nitrogen and oxygen atoms in total. The molecule has 0 radical (unpaired) electrons. The van der Waals surface area contributed by atoms with Crippen LogP contribution in [-0.4, -0.2) is 12.7 Å². The van der Waals surface area contributed by atoms with Crippen LogP contribution in [0.2, 0.25) is 15.1 Å². The van der Waals surface area contributed by atoms with Crippen molar-refractivity contribution in [2.75, 3.05) is 6.61 Å². The molecule has 1 aliphatic heterocycles. The maximum absolute atomic E-state index is 11.1. The zero-order valence-electron chi connectivity index (χ0n) is 8.50. The third-order valence-corrected chi connectivity index (χ3v) is 3.51. The SMILES string of the molecule is Cl.O=C1N[C@@H](c2c(Cl)ccc(Cl)c2Cl)CCO1. The van der Waals surface area contributed by atoms with Crippen LogP contribution in [0, 0.1) is 0 Å². The molecule has 1 amide bonds. The number of nitrogens with one attached hydrogen (secondary N) is 1. The zero-order chi connectivity index (χ0) is 11.7. The Labute approximate surface area is 120 Å². The number of halogens is 4. The maximum Gasteiger partial charge on any atom is 0.407 e. The van der Waals surface area contributed by atoms with Crippen LogP contribution in [0.4, 0.5) is 4.79 Å². The van der Waals surface area contributed by atoms with E-state index >= 15 is 0 Å². The lowest BCUT2D eigenvalue weighted by atomic mass is 10.0. The van der Waals surface area contributed by atoms with Gasteiger partial charge >= 0.3 is 6.09 Å². The predicted octanol–water partition coefficient (Wildman–Crippen LogP) is 4.24. The molecule has 94 valence electrons. The lowest BCUT2D eigenvalue weighted by molar-refractivity contribution is 0.115. The fourth-order valence-corrected chi connectivity index (χ4v) is 2.40. The van der Waals surface area contributed by atoms with Crippen LogP contribution in [0.5, 0.6) is 0 Å². The number of benzene rings is 1. The van der Waals surface area contributed by atoms with Gasteiger partial charge in [0.25, 0.3) is 0 Å². The fraction of sp³-hybridized carbons (Fsp3) is 0.300. The van der Waals surface area contributed by atoms with E-state index in [1.54, 1.807) is 12.1 Å². The maximum atomic E-state index is 11.1. The van der Waals surface area contributed by atoms with Crippen LogP contribution in [0.25, 0.3) is 0 Å². The largest absolute Gasteiger partial charge is 0.449 e. The smallest absolute Gasteiger partial charge is 0.407 e. The van der Waals surface area contributed by atoms with Gasteiger partial charge in [0.1, 0.15) is 0 Å². The molecule has 2 rings (SSSR count). The highest BCUT2D eigenvalue weighted by atomic mass is 35.5. The van der Waals surface area contributed by atoms with Crippen molar-refractivity contribution in [1.29, 1.82) is 0 Å². The molecule has 0 unspecified atom stereocenters. The van der Waals surface area contributed by atoms with E-state index in [1.807, 2.05) is 0 Å². The molecule has 1 atom stereocenters. The van der Waals surface area contributed by atoms with E-state index in [1.165, 1.54) is 0 Å². The molecule has 1 aliphatic rings. The van der Waals surface area contributed by atoms with Crippen molar-refractivity contribution in [3.05, 3.63) is 32.8 Å². The monoisotopic (exact) mass is 315 g/mol. The molecule has 1 aromatic rings. The van der Waals surface area contributed by atoms with Crippen molar-refractivity contribution < 1.29 is 9.53 Å². The Morgan fingerprint density at radius 2 is 1.88 bits per heavy atom. The molecule has 0 aromatic heterocycles. The normalized spacial score (nSPS) is 19.0. The average Bonchev–Trinajstić information content (AvgIpc) is 2.24. The van der Waals surface area contributed by atoms with Crippen molar-refractivity contribution in [2.45, 2.75) is 12.5 Å². The van der Waals surface area contributed by atoms with E-state index in [0.717, 1.165) is 0 Å². The minimum atomic E-state index is -0.469. The molecular weight excluding hydrogens is 308 g/mol. The highest BCUT2D eigenvalue weighted by Crippen LogP contribution is 2.37. The van der Waals surface area contributed by atoms with Crippen LogP contribution < -0.4 is 5.32 Å². The topological polar surface area (TPSA) is 38.3 Å². The van der Waals surface area contributed by atoms with Crippen molar-refractivity contribution >= 4 is 53.3 Å². The van der Waals surface area contributed by atoms with Crippen LogP contribution in [0.3, 0.4) is 0 Å². The number of cyclic esters (lactones) is 1. The van der Waals surface area contributed by atoms with Gasteiger partial charge in [-0.1, -0.05) is 34.8 Å². The third kappa shape index (κ3) is 3.10. The molecule has 0 saturated carbocycles. The number of ether oxygens (including phenoxy) is 1. The van der Waals surface area contributed by atoms with Gasteiger partial charge in [0.2, 0.25) is 0 Å². The predicted molar refractivity (Wildman–Crippen MR) is 70.6 cm³/mol. The highest BCUT2D eigenvalue weighted by molar-refractivity contribution is 6.44. The molecule has 0 aliphatic carbocycles. The number of hydrogen-bond donors (Lipinski definition) is 1. The van der Waals surface area contributed by atoms with E-state index in [-0.39, 0.29) is 18.4 Å². The molecule has 17 heavy (non-hydrogen) atoms. The van der Waals surface area contributed by atoms with Gasteiger partial charge < -0.3 is 10.1 Å². The number of amides is 1. The van der Waals surface area contributed by atoms with E-state index < -0.39 is 6.09 Å². The quantitative estimate of drug-likeness (QED) is 0.787. The second kappa shape index (κ2) is 6.01. The van der Waals surface area contributed by atoms with E-state index in [0.29, 0.717) is 33.7 Å². The number of carbonyl (C=O) groups excluding carboxylic acids is 1. The average molecular weight is 317 g/mol. The second-order valence-electron chi connectivity index (χ2n) is 3.38. The van der Waals surface area contributed by atoms with Crippen molar-refractivity contribution in [2.24, 2.45) is 0 Å². The lowest BCUT2D eigenvalue weighted by Gasteiger charge is -2.25. The van der Waals surface area contributed by atoms with E-state index in [9.17, 15) is 4.79 Å². The van der Waals surface area contributed by atoms with Crippen molar-refractivity contribution in [1.82, 2.24) is 5.32 Å². The van der Waals surface area contributed by atoms with Crippen LogP contribution in [-0.2, 0) is 4.74 Å². The Hall–Kier alpha value is -0.350. The van der Waals surface area contributed by atoms with Gasteiger partial charge in [0, 0.05) is 17.0 Å². The Balaban J connectivity index is 0.00000144. The molecule has 7 heteroatoms. The third-order valence-electron chi connectivity index (χ3n) is 2.36. The van der Waals surface area contributed by atoms with E-state index in [4.69, 9.17) is 39.5 Å². The Kier molecular flexibility index (Phi) is 5.20. The Bertz CT molecular complexity index is 439. The molecule has 1 heterocycles. The summed E-state index contributed by atoms with van der Waals surface area (Å²) in [7, 11) is 0. The summed E-state index contributed by atoms with van der Waals surface area (Å²) < 4.78 is 4.77. The fourth-order valence-electron chi connectivity index (χ4n) is 1.60. The molecular formula is C10H9Cl4NO2. The molecule has 0 spiro atoms. The van der Waals surface area contributed by atoms with Crippen LogP contribution >= 0.6 is 47.2 Å². The number of alkyl carbamates (subject to hydrolysis) is 1. The van der Waals surface area contributed by atoms with Gasteiger partial charge in [0.15, 0.2) is 0 Å². The summed E-state index contributed by atoms with van der Waals surface area (Å²) >= 11 is 18.0. The summed E-state index contributed by atoms with van der Waals surface area (Å²) in [6, 6.07) is 3.03. The first-order valence-electron chi connectivity index (χ1n) is 4.66. The van der Waals surface area contributed by atoms with Gasteiger partial charge in [-0.3, -0.25) is 0 Å². The summed E-state index contributed by atoms with van der Waals surface area (Å²) in [6.07, 6.45) is 0.147. The second-order valence-corrected chi connectivity index (χ2v) is 4.57. The van der Waals surface area contributed by atoms with E-state index in [2.05, 4.69) is 5.32 Å². The minimum Gasteiger partial charge on any atom is -0.449 e. The molecule has 1 saturated heterocycles. The summed E-state index contributed by atoms with van der Waals surface area (Å²) in [5, 5.41) is 3.94. The summed E-state index contributed by atoms with van der Waals surface area (Å²) in [5.41, 5.74) is 0.646. The first kappa shape index (κ1) is 14.7. The molecule has 1 N–H and O–H groups in total. The molecule has 0 bridgehead atoms. The van der Waals surface area contributed by atoms with Crippen LogP contribution in [0.1, 0.15) is 18.0 Å². The van der Waals surface area contributed by atoms with Crippen LogP contribution in [0.15, 0.2) is 12.1 Å². The van der Waals surface area contributed by atoms with Gasteiger partial charge in [-0.2, -0.15) is 0 Å². The minimum absolute atomic E-state index is 0. The highest BCUT2D eigenvalue weighted by Gasteiger charge is 2.25. The zero-order valence-corrected chi connectivity index (χ0v) is 11.6. The summed E-state index contributed by atoms with van der Waals surface area (Å²) in [4.78, 5) is 11.1. The number of hydrogen-bond acceptors (Lipinski definition) is 2. The van der Waals surface area contributed by atoms with Gasteiger partial charge in [-0.05, 0) is 12.1 Å². The summed E-state index contributed by atoms with van der Waals surface area (Å²) in [5.74, 6) is 0. The number of rotatable bonds is 1. The lowest BCUT2D eigenvalue weighted by Crippen LogP contribution is -2.35. The van der Waals surface area contributed by atoms with Gasteiger partial charge in [0.05, 0.1) is 22.7 Å². The number of carbonyl (C=O) groups is 1. The standard InChI is InChI=1S/C10H8Cl3NO2.ClH/c11-5-1-2-6(12)9(13)8(5)7-3-4-16-10(15)14-7;/h1-2,7H,3-4H2,(H,14,15);1H/t7-;/m1./s1. The first-order valence-corrected chi connectivity index (χ1v) is 5.79. The van der Waals surface area contributed by atoms with Gasteiger partial charge in [-0.25, -0.2) is 4.79 Å². The molecule has 1 aromatic carbocycles. The molecule has 1 fully saturated rings. The summed E-state index contributed by atoms with van der Waals surface area (Å²) in [6.45, 7) is 0.343. The first-order chi connectivity index (χ1) is 7.59. The van der Waals surface area contributed by atoms with Crippen molar-refractivity contribution in [3.8, 4) is 0 Å². The van der Waals surface area contributed by atoms with Gasteiger partial charge in [-0.15, -0.1) is 12.4 Å².